The number of nitrogens with one attached hydrogen (secondary N) is 2. The topological polar surface area (TPSA) is 75.5 Å². The zero-order chi connectivity index (χ0) is 26.8. The summed E-state index contributed by atoms with van der Waals surface area (Å²) in [5, 5.41) is 8.06. The molecule has 2 N–H and O–H groups in total. The number of benzene rings is 2. The quantitative estimate of drug-likeness (QED) is 0.221. The van der Waals surface area contributed by atoms with Crippen molar-refractivity contribution in [2.24, 2.45) is 5.10 Å². The number of rotatable bonds is 6. The minimum Gasteiger partial charge on any atom is -0.322 e. The molecule has 1 aliphatic rings. The van der Waals surface area contributed by atoms with E-state index in [0.29, 0.717) is 0 Å². The summed E-state index contributed by atoms with van der Waals surface area (Å²) in [4.78, 5) is 27.2. The van der Waals surface area contributed by atoms with Gasteiger partial charge in [-0.15, -0.1) is 11.3 Å². The maximum Gasteiger partial charge on any atom is 0.274 e. The zero-order valence-electron chi connectivity index (χ0n) is 21.6. The Morgan fingerprint density at radius 1 is 1.00 bits per heavy atom. The highest BCUT2D eigenvalue weighted by atomic mass is 32.1. The third-order valence-electron chi connectivity index (χ3n) is 6.85. The number of carbonyl (C=O) groups excluding carboxylic acids is 2. The summed E-state index contributed by atoms with van der Waals surface area (Å²) in [5.41, 5.74) is 8.75. The number of anilines is 1. The molecule has 0 radical (unpaired) electrons. The molecule has 8 heteroatoms. The second-order valence-electron chi connectivity index (χ2n) is 9.55. The lowest BCUT2D eigenvalue weighted by Gasteiger charge is -2.14. The number of nitrogens with zero attached hydrogens (tertiary/aromatic N) is 2. The molecule has 0 saturated carbocycles. The van der Waals surface area contributed by atoms with Crippen LogP contribution in [-0.4, -0.2) is 22.6 Å². The highest BCUT2D eigenvalue weighted by Crippen LogP contribution is 2.39. The number of amides is 2. The Morgan fingerprint density at radius 2 is 1.74 bits per heavy atom. The van der Waals surface area contributed by atoms with Crippen molar-refractivity contribution in [1.82, 2.24) is 9.99 Å². The molecule has 0 saturated heterocycles. The highest BCUT2D eigenvalue weighted by Gasteiger charge is 2.28. The average molecular weight is 529 g/mol. The van der Waals surface area contributed by atoms with Crippen LogP contribution in [0.25, 0.3) is 5.00 Å². The van der Waals surface area contributed by atoms with Gasteiger partial charge in [0.1, 0.15) is 10.8 Å². The molecule has 0 spiro atoms. The van der Waals surface area contributed by atoms with Crippen LogP contribution in [0.5, 0.6) is 0 Å². The van der Waals surface area contributed by atoms with E-state index in [-0.39, 0.29) is 11.5 Å². The minimum absolute atomic E-state index is 0.0662. The van der Waals surface area contributed by atoms with Gasteiger partial charge in [-0.05, 0) is 82.3 Å². The Labute approximate surface area is 225 Å². The molecule has 0 atom stereocenters. The van der Waals surface area contributed by atoms with Gasteiger partial charge in [0, 0.05) is 27.5 Å². The Hall–Kier alpha value is -4.04. The molecular weight excluding hydrogens is 499 g/mol. The summed E-state index contributed by atoms with van der Waals surface area (Å²) in [6, 6.07) is 15.5. The third-order valence-corrected chi connectivity index (χ3v) is 8.13. The number of halogens is 1. The lowest BCUT2D eigenvalue weighted by molar-refractivity contribution is 0.0950. The zero-order valence-corrected chi connectivity index (χ0v) is 22.4. The number of hydrogen-bond acceptors (Lipinski definition) is 4. The first kappa shape index (κ1) is 25.6. The lowest BCUT2D eigenvalue weighted by atomic mass is 9.95. The third kappa shape index (κ3) is 5.04. The second-order valence-corrected chi connectivity index (χ2v) is 10.6. The predicted octanol–water partition coefficient (Wildman–Crippen LogP) is 6.50. The highest BCUT2D eigenvalue weighted by molar-refractivity contribution is 7.15. The molecule has 2 heterocycles. The van der Waals surface area contributed by atoms with Crippen LogP contribution in [0.1, 0.15) is 66.5 Å². The molecule has 2 aromatic carbocycles. The SMILES string of the molecule is Cc1ccc(NC(=O)c2c(-n3c(C)cc(/C=N\NC(=O)c4ccccc4F)c3C)sc3c2CCCC3)cc1. The number of thiophene rings is 1. The summed E-state index contributed by atoms with van der Waals surface area (Å²) in [5.74, 6) is -1.33. The van der Waals surface area contributed by atoms with E-state index >= 15 is 0 Å². The summed E-state index contributed by atoms with van der Waals surface area (Å²) in [6.07, 6.45) is 5.60. The molecule has 2 aromatic heterocycles. The normalized spacial score (nSPS) is 12.9. The standard InChI is InChI=1S/C30H29FN4O2S/c1-18-12-14-22(15-13-18)33-29(37)27-24-9-5-7-11-26(24)38-30(27)35-19(2)16-21(20(35)3)17-32-34-28(36)23-8-4-6-10-25(23)31/h4,6,8,10,12-17H,5,7,9,11H2,1-3H3,(H,33,37)(H,34,36)/b32-17-. The fraction of sp³-hybridized carbons (Fsp3) is 0.233. The van der Waals surface area contributed by atoms with E-state index in [1.54, 1.807) is 23.6 Å². The summed E-state index contributed by atoms with van der Waals surface area (Å²) >= 11 is 1.67. The van der Waals surface area contributed by atoms with Crippen LogP contribution in [-0.2, 0) is 12.8 Å². The smallest absolute Gasteiger partial charge is 0.274 e. The molecule has 2 amide bonds. The Kier molecular flexibility index (Phi) is 7.24. The lowest BCUT2D eigenvalue weighted by Crippen LogP contribution is -2.19. The molecule has 4 aromatic rings. The first-order chi connectivity index (χ1) is 18.3. The Morgan fingerprint density at radius 3 is 2.50 bits per heavy atom. The molecule has 38 heavy (non-hydrogen) atoms. The molecule has 1 aliphatic carbocycles. The maximum atomic E-state index is 13.9. The van der Waals surface area contributed by atoms with Crippen molar-refractivity contribution in [3.05, 3.63) is 104 Å². The fourth-order valence-corrected chi connectivity index (χ4v) is 6.37. The van der Waals surface area contributed by atoms with Crippen LogP contribution < -0.4 is 10.7 Å². The van der Waals surface area contributed by atoms with E-state index in [1.165, 1.54) is 23.1 Å². The molecule has 0 bridgehead atoms. The Bertz CT molecular complexity index is 1550. The number of hydrogen-bond donors (Lipinski definition) is 2. The average Bonchev–Trinajstić information content (AvgIpc) is 3.41. The number of carbonyl (C=O) groups is 2. The summed E-state index contributed by atoms with van der Waals surface area (Å²) < 4.78 is 16.0. The number of aryl methyl sites for hydroxylation is 3. The minimum atomic E-state index is -0.617. The van der Waals surface area contributed by atoms with Crippen molar-refractivity contribution >= 4 is 35.1 Å². The van der Waals surface area contributed by atoms with Gasteiger partial charge in [-0.3, -0.25) is 9.59 Å². The van der Waals surface area contributed by atoms with Crippen LogP contribution in [0.3, 0.4) is 0 Å². The van der Waals surface area contributed by atoms with Gasteiger partial charge in [0.15, 0.2) is 0 Å². The van der Waals surface area contributed by atoms with E-state index in [4.69, 9.17) is 0 Å². The van der Waals surface area contributed by atoms with Gasteiger partial charge in [0.05, 0.1) is 17.3 Å². The fourth-order valence-electron chi connectivity index (χ4n) is 4.87. The molecule has 5 rings (SSSR count). The van der Waals surface area contributed by atoms with Crippen molar-refractivity contribution in [1.29, 1.82) is 0 Å². The molecule has 0 unspecified atom stereocenters. The summed E-state index contributed by atoms with van der Waals surface area (Å²) in [7, 11) is 0. The van der Waals surface area contributed by atoms with E-state index in [2.05, 4.69) is 20.4 Å². The molecule has 0 aliphatic heterocycles. The summed E-state index contributed by atoms with van der Waals surface area (Å²) in [6.45, 7) is 5.97. The van der Waals surface area contributed by atoms with Gasteiger partial charge in [-0.1, -0.05) is 29.8 Å². The monoisotopic (exact) mass is 528 g/mol. The van der Waals surface area contributed by atoms with Crippen molar-refractivity contribution in [2.45, 2.75) is 46.5 Å². The van der Waals surface area contributed by atoms with Gasteiger partial charge in [-0.25, -0.2) is 9.82 Å². The first-order valence-electron chi connectivity index (χ1n) is 12.6. The predicted molar refractivity (Wildman–Crippen MR) is 150 cm³/mol. The van der Waals surface area contributed by atoms with Crippen molar-refractivity contribution in [3.63, 3.8) is 0 Å². The first-order valence-corrected chi connectivity index (χ1v) is 13.4. The molecule has 0 fully saturated rings. The number of fused-ring (bicyclic) bond motifs is 1. The van der Waals surface area contributed by atoms with Gasteiger partial charge in [0.2, 0.25) is 0 Å². The van der Waals surface area contributed by atoms with E-state index in [0.717, 1.165) is 70.0 Å². The maximum absolute atomic E-state index is 13.9. The number of aromatic nitrogens is 1. The van der Waals surface area contributed by atoms with Crippen molar-refractivity contribution < 1.29 is 14.0 Å². The Balaban J connectivity index is 1.46. The molecule has 6 nitrogen and oxygen atoms in total. The van der Waals surface area contributed by atoms with E-state index in [1.807, 2.05) is 51.1 Å². The van der Waals surface area contributed by atoms with Gasteiger partial charge < -0.3 is 9.88 Å². The van der Waals surface area contributed by atoms with E-state index < -0.39 is 11.7 Å². The van der Waals surface area contributed by atoms with Crippen LogP contribution in [0.2, 0.25) is 0 Å². The van der Waals surface area contributed by atoms with Gasteiger partial charge in [0.25, 0.3) is 11.8 Å². The molecular formula is C30H29FN4O2S. The van der Waals surface area contributed by atoms with Crippen molar-refractivity contribution in [3.8, 4) is 5.00 Å². The number of hydrazone groups is 1. The van der Waals surface area contributed by atoms with Gasteiger partial charge in [-0.2, -0.15) is 5.10 Å². The van der Waals surface area contributed by atoms with Crippen LogP contribution in [0, 0.1) is 26.6 Å². The van der Waals surface area contributed by atoms with Gasteiger partial charge >= 0.3 is 0 Å². The van der Waals surface area contributed by atoms with E-state index in [9.17, 15) is 14.0 Å². The van der Waals surface area contributed by atoms with Crippen LogP contribution >= 0.6 is 11.3 Å². The van der Waals surface area contributed by atoms with Crippen molar-refractivity contribution in [2.75, 3.05) is 5.32 Å². The second kappa shape index (κ2) is 10.8. The van der Waals surface area contributed by atoms with Crippen LogP contribution in [0.4, 0.5) is 10.1 Å². The molecule has 194 valence electrons. The largest absolute Gasteiger partial charge is 0.322 e. The van der Waals surface area contributed by atoms with Crippen LogP contribution in [0.15, 0.2) is 59.7 Å².